The minimum atomic E-state index is -0.0682. The first kappa shape index (κ1) is 10.4. The zero-order valence-corrected chi connectivity index (χ0v) is 8.97. The fourth-order valence-corrected chi connectivity index (χ4v) is 1.33. The molecular formula is C10H13N5O. The number of carbonyl (C=O) groups excluding carboxylic acids is 1. The maximum atomic E-state index is 11.2. The van der Waals surface area contributed by atoms with Gasteiger partial charge in [0.1, 0.15) is 0 Å². The Kier molecular flexibility index (Phi) is 3.00. The lowest BCUT2D eigenvalue weighted by Crippen LogP contribution is -2.29. The number of fused-ring (bicyclic) bond motifs is 1. The summed E-state index contributed by atoms with van der Waals surface area (Å²) in [4.78, 5) is 15.4. The van der Waals surface area contributed by atoms with Crippen LogP contribution in [0, 0.1) is 0 Å². The van der Waals surface area contributed by atoms with Gasteiger partial charge in [-0.15, -0.1) is 5.10 Å². The number of hydrogen-bond donors (Lipinski definition) is 2. The monoisotopic (exact) mass is 219 g/mol. The molecule has 6 nitrogen and oxygen atoms in total. The van der Waals surface area contributed by atoms with Crippen molar-refractivity contribution in [3.8, 4) is 0 Å². The zero-order valence-electron chi connectivity index (χ0n) is 8.97. The van der Waals surface area contributed by atoms with Crippen molar-refractivity contribution in [2.45, 2.75) is 6.92 Å². The summed E-state index contributed by atoms with van der Waals surface area (Å²) in [5, 5.41) is 9.71. The molecule has 6 heteroatoms. The van der Waals surface area contributed by atoms with Crippen LogP contribution >= 0.6 is 0 Å². The summed E-state index contributed by atoms with van der Waals surface area (Å²) >= 11 is 0. The maximum absolute atomic E-state index is 11.2. The average Bonchev–Trinajstić information content (AvgIpc) is 2.69. The molecule has 1 amide bonds. The van der Waals surface area contributed by atoms with Crippen LogP contribution in [0.15, 0.2) is 24.4 Å². The first-order valence-electron chi connectivity index (χ1n) is 5.11. The summed E-state index contributed by atoms with van der Waals surface area (Å²) in [6, 6.07) is 5.61. The minimum Gasteiger partial charge on any atom is -0.355 e. The van der Waals surface area contributed by atoms with Gasteiger partial charge in [0, 0.05) is 12.7 Å². The summed E-state index contributed by atoms with van der Waals surface area (Å²) in [5.41, 5.74) is 0.751. The van der Waals surface area contributed by atoms with Crippen molar-refractivity contribution in [3.05, 3.63) is 24.4 Å². The van der Waals surface area contributed by atoms with Crippen molar-refractivity contribution in [2.24, 2.45) is 0 Å². The molecule has 0 spiro atoms. The van der Waals surface area contributed by atoms with Gasteiger partial charge < -0.3 is 10.6 Å². The van der Waals surface area contributed by atoms with E-state index in [0.717, 1.165) is 5.65 Å². The van der Waals surface area contributed by atoms with E-state index in [-0.39, 0.29) is 12.5 Å². The molecule has 0 fully saturated rings. The van der Waals surface area contributed by atoms with E-state index in [9.17, 15) is 4.79 Å². The van der Waals surface area contributed by atoms with Crippen LogP contribution in [-0.4, -0.2) is 33.6 Å². The van der Waals surface area contributed by atoms with E-state index in [4.69, 9.17) is 0 Å². The van der Waals surface area contributed by atoms with Gasteiger partial charge in [-0.2, -0.15) is 4.98 Å². The predicted octanol–water partition coefficient (Wildman–Crippen LogP) is 0.277. The van der Waals surface area contributed by atoms with E-state index in [1.807, 2.05) is 25.1 Å². The van der Waals surface area contributed by atoms with Gasteiger partial charge in [-0.25, -0.2) is 4.52 Å². The van der Waals surface area contributed by atoms with Gasteiger partial charge >= 0.3 is 0 Å². The number of anilines is 1. The summed E-state index contributed by atoms with van der Waals surface area (Å²) in [6.45, 7) is 2.69. The molecule has 0 atom stereocenters. The molecule has 0 saturated carbocycles. The summed E-state index contributed by atoms with van der Waals surface area (Å²) < 4.78 is 1.65. The molecule has 2 aromatic rings. The average molecular weight is 219 g/mol. The summed E-state index contributed by atoms with van der Waals surface area (Å²) in [7, 11) is 0. The predicted molar refractivity (Wildman–Crippen MR) is 60.2 cm³/mol. The van der Waals surface area contributed by atoms with Crippen LogP contribution in [0.5, 0.6) is 0 Å². The molecule has 0 bridgehead atoms. The molecule has 0 aliphatic rings. The summed E-state index contributed by atoms with van der Waals surface area (Å²) in [5.74, 6) is 0.388. The standard InChI is InChI=1S/C10H13N5O/c1-2-11-9(16)7-12-10-13-8-5-3-4-6-15(8)14-10/h3-6H,2,7H2,1H3,(H,11,16)(H,12,14). The van der Waals surface area contributed by atoms with E-state index in [0.29, 0.717) is 12.5 Å². The number of nitrogens with zero attached hydrogens (tertiary/aromatic N) is 3. The molecule has 2 N–H and O–H groups in total. The molecule has 2 heterocycles. The van der Waals surface area contributed by atoms with Crippen LogP contribution < -0.4 is 10.6 Å². The van der Waals surface area contributed by atoms with Crippen LogP contribution in [0.3, 0.4) is 0 Å². The molecule has 2 aromatic heterocycles. The van der Waals surface area contributed by atoms with Crippen molar-refractivity contribution in [1.29, 1.82) is 0 Å². The van der Waals surface area contributed by atoms with Gasteiger partial charge in [0.05, 0.1) is 6.54 Å². The normalized spacial score (nSPS) is 10.3. The van der Waals surface area contributed by atoms with Crippen molar-refractivity contribution < 1.29 is 4.79 Å². The largest absolute Gasteiger partial charge is 0.355 e. The van der Waals surface area contributed by atoms with E-state index >= 15 is 0 Å². The van der Waals surface area contributed by atoms with E-state index in [1.54, 1.807) is 10.7 Å². The smallest absolute Gasteiger partial charge is 0.243 e. The number of hydrogen-bond acceptors (Lipinski definition) is 4. The number of nitrogens with one attached hydrogen (secondary N) is 2. The highest BCUT2D eigenvalue weighted by Gasteiger charge is 2.04. The highest BCUT2D eigenvalue weighted by molar-refractivity contribution is 5.80. The Balaban J connectivity index is 2.02. The molecule has 0 unspecified atom stereocenters. The molecule has 0 saturated heterocycles. The van der Waals surface area contributed by atoms with Gasteiger partial charge in [-0.1, -0.05) is 6.07 Å². The minimum absolute atomic E-state index is 0.0682. The van der Waals surface area contributed by atoms with Crippen molar-refractivity contribution >= 4 is 17.5 Å². The number of likely N-dealkylation sites (N-methyl/N-ethyl adjacent to an activating group) is 1. The lowest BCUT2D eigenvalue weighted by Gasteiger charge is -2.01. The Bertz CT molecular complexity index is 460. The van der Waals surface area contributed by atoms with Gasteiger partial charge in [0.15, 0.2) is 5.65 Å². The molecule has 84 valence electrons. The Morgan fingerprint density at radius 1 is 1.50 bits per heavy atom. The Morgan fingerprint density at radius 3 is 3.12 bits per heavy atom. The lowest BCUT2D eigenvalue weighted by molar-refractivity contribution is -0.119. The maximum Gasteiger partial charge on any atom is 0.243 e. The second-order valence-electron chi connectivity index (χ2n) is 3.25. The Hall–Kier alpha value is -2.11. The van der Waals surface area contributed by atoms with Crippen LogP contribution in [0.4, 0.5) is 5.95 Å². The third-order valence-corrected chi connectivity index (χ3v) is 2.02. The highest BCUT2D eigenvalue weighted by atomic mass is 16.1. The fourth-order valence-electron chi connectivity index (χ4n) is 1.33. The van der Waals surface area contributed by atoms with E-state index in [2.05, 4.69) is 20.7 Å². The van der Waals surface area contributed by atoms with Gasteiger partial charge in [-0.05, 0) is 19.1 Å². The molecule has 2 rings (SSSR count). The molecule has 0 aliphatic heterocycles. The lowest BCUT2D eigenvalue weighted by atomic mass is 10.5. The SMILES string of the molecule is CCNC(=O)CNc1nc2ccccn2n1. The Labute approximate surface area is 92.7 Å². The second kappa shape index (κ2) is 4.61. The van der Waals surface area contributed by atoms with Crippen molar-refractivity contribution in [2.75, 3.05) is 18.4 Å². The first-order valence-corrected chi connectivity index (χ1v) is 5.11. The van der Waals surface area contributed by atoms with Crippen LogP contribution in [0.1, 0.15) is 6.92 Å². The van der Waals surface area contributed by atoms with Crippen LogP contribution in [0.25, 0.3) is 5.65 Å². The van der Waals surface area contributed by atoms with Gasteiger partial charge in [0.2, 0.25) is 11.9 Å². The van der Waals surface area contributed by atoms with E-state index in [1.165, 1.54) is 0 Å². The third-order valence-electron chi connectivity index (χ3n) is 2.02. The molecule has 0 aromatic carbocycles. The van der Waals surface area contributed by atoms with Gasteiger partial charge in [-0.3, -0.25) is 4.79 Å². The van der Waals surface area contributed by atoms with Crippen molar-refractivity contribution in [1.82, 2.24) is 19.9 Å². The third kappa shape index (κ3) is 2.28. The molecular weight excluding hydrogens is 206 g/mol. The molecule has 0 aliphatic carbocycles. The number of aromatic nitrogens is 3. The number of carbonyl (C=O) groups is 1. The first-order chi connectivity index (χ1) is 7.79. The Morgan fingerprint density at radius 2 is 2.38 bits per heavy atom. The van der Waals surface area contributed by atoms with Crippen molar-refractivity contribution in [3.63, 3.8) is 0 Å². The fraction of sp³-hybridized carbons (Fsp3) is 0.300. The molecule has 0 radical (unpaired) electrons. The van der Waals surface area contributed by atoms with E-state index < -0.39 is 0 Å². The number of pyridine rings is 1. The topological polar surface area (TPSA) is 71.3 Å². The van der Waals surface area contributed by atoms with Gasteiger partial charge in [0.25, 0.3) is 0 Å². The molecule has 16 heavy (non-hydrogen) atoms. The number of rotatable bonds is 4. The van der Waals surface area contributed by atoms with Crippen LogP contribution in [-0.2, 0) is 4.79 Å². The highest BCUT2D eigenvalue weighted by Crippen LogP contribution is 2.03. The quantitative estimate of drug-likeness (QED) is 0.774. The zero-order chi connectivity index (χ0) is 11.4. The number of amides is 1. The second-order valence-corrected chi connectivity index (χ2v) is 3.25. The van der Waals surface area contributed by atoms with Crippen LogP contribution in [0.2, 0.25) is 0 Å². The summed E-state index contributed by atoms with van der Waals surface area (Å²) in [6.07, 6.45) is 1.81.